The van der Waals surface area contributed by atoms with E-state index in [0.29, 0.717) is 18.4 Å². The van der Waals surface area contributed by atoms with Gasteiger partial charge in [0.25, 0.3) is 0 Å². The lowest BCUT2D eigenvalue weighted by Crippen LogP contribution is -2.04. The van der Waals surface area contributed by atoms with E-state index in [0.717, 1.165) is 29.3 Å². The first kappa shape index (κ1) is 15.3. The van der Waals surface area contributed by atoms with E-state index >= 15 is 0 Å². The summed E-state index contributed by atoms with van der Waals surface area (Å²) < 4.78 is 11.0. The summed E-state index contributed by atoms with van der Waals surface area (Å²) >= 11 is 0. The van der Waals surface area contributed by atoms with Crippen LogP contribution in [0.25, 0.3) is 0 Å². The Labute approximate surface area is 126 Å². The van der Waals surface area contributed by atoms with Crippen molar-refractivity contribution in [2.75, 3.05) is 7.11 Å². The van der Waals surface area contributed by atoms with E-state index in [9.17, 15) is 0 Å². The number of ether oxygens (including phenoxy) is 2. The van der Waals surface area contributed by atoms with Crippen molar-refractivity contribution in [3.8, 4) is 11.6 Å². The van der Waals surface area contributed by atoms with E-state index in [1.54, 1.807) is 7.11 Å². The molecule has 1 aromatic carbocycles. The van der Waals surface area contributed by atoms with Gasteiger partial charge >= 0.3 is 0 Å². The predicted molar refractivity (Wildman–Crippen MR) is 82.8 cm³/mol. The van der Waals surface area contributed by atoms with Crippen LogP contribution in [0.2, 0.25) is 0 Å². The quantitative estimate of drug-likeness (QED) is 0.811. The first-order valence-electron chi connectivity index (χ1n) is 7.26. The molecule has 21 heavy (non-hydrogen) atoms. The van der Waals surface area contributed by atoms with Crippen molar-refractivity contribution in [2.45, 2.75) is 39.7 Å². The van der Waals surface area contributed by atoms with E-state index < -0.39 is 0 Å². The number of hydrogen-bond donors (Lipinski definition) is 0. The molecule has 0 saturated carbocycles. The van der Waals surface area contributed by atoms with Crippen LogP contribution in [-0.4, -0.2) is 17.1 Å². The molecule has 0 bridgehead atoms. The summed E-state index contributed by atoms with van der Waals surface area (Å²) in [6, 6.07) is 9.76. The van der Waals surface area contributed by atoms with Crippen LogP contribution in [0.4, 0.5) is 0 Å². The molecule has 0 N–H and O–H groups in total. The summed E-state index contributed by atoms with van der Waals surface area (Å²) in [4.78, 5) is 8.95. The van der Waals surface area contributed by atoms with Gasteiger partial charge in [-0.2, -0.15) is 4.98 Å². The average Bonchev–Trinajstić information content (AvgIpc) is 2.52. The van der Waals surface area contributed by atoms with Gasteiger partial charge in [0.2, 0.25) is 5.88 Å². The molecule has 0 radical (unpaired) electrons. The number of rotatable bonds is 6. The third kappa shape index (κ3) is 4.18. The minimum Gasteiger partial charge on any atom is -0.497 e. The van der Waals surface area contributed by atoms with Gasteiger partial charge in [-0.15, -0.1) is 0 Å². The van der Waals surface area contributed by atoms with E-state index in [2.05, 4.69) is 23.8 Å². The highest BCUT2D eigenvalue weighted by molar-refractivity contribution is 5.28. The van der Waals surface area contributed by atoms with Crippen LogP contribution in [0.3, 0.4) is 0 Å². The highest BCUT2D eigenvalue weighted by Crippen LogP contribution is 2.19. The van der Waals surface area contributed by atoms with Gasteiger partial charge < -0.3 is 9.47 Å². The first-order chi connectivity index (χ1) is 10.1. The van der Waals surface area contributed by atoms with Crippen molar-refractivity contribution in [2.24, 2.45) is 0 Å². The summed E-state index contributed by atoms with van der Waals surface area (Å²) in [5.41, 5.74) is 2.07. The molecule has 2 rings (SSSR count). The Morgan fingerprint density at radius 3 is 2.62 bits per heavy atom. The lowest BCUT2D eigenvalue weighted by molar-refractivity contribution is 0.290. The monoisotopic (exact) mass is 286 g/mol. The fourth-order valence-corrected chi connectivity index (χ4v) is 1.94. The number of methoxy groups -OCH3 is 1. The topological polar surface area (TPSA) is 44.2 Å². The highest BCUT2D eigenvalue weighted by atomic mass is 16.5. The molecule has 0 aliphatic heterocycles. The molecule has 0 fully saturated rings. The van der Waals surface area contributed by atoms with Crippen LogP contribution >= 0.6 is 0 Å². The molecular formula is C17H22N2O2. The second-order valence-electron chi connectivity index (χ2n) is 5.20. The molecule has 0 atom stereocenters. The van der Waals surface area contributed by atoms with Gasteiger partial charge in [0, 0.05) is 12.5 Å². The second kappa shape index (κ2) is 7.07. The molecule has 0 unspecified atom stereocenters. The molecule has 1 aromatic heterocycles. The number of aromatic nitrogens is 2. The third-order valence-corrected chi connectivity index (χ3v) is 3.20. The normalized spacial score (nSPS) is 10.7. The Morgan fingerprint density at radius 2 is 1.95 bits per heavy atom. The molecule has 0 saturated heterocycles. The van der Waals surface area contributed by atoms with E-state index in [1.165, 1.54) is 0 Å². The van der Waals surface area contributed by atoms with Gasteiger partial charge in [0.05, 0.1) is 12.8 Å². The fourth-order valence-electron chi connectivity index (χ4n) is 1.94. The van der Waals surface area contributed by atoms with Crippen molar-refractivity contribution in [3.63, 3.8) is 0 Å². The average molecular weight is 286 g/mol. The van der Waals surface area contributed by atoms with Crippen LogP contribution in [0.1, 0.15) is 43.8 Å². The van der Waals surface area contributed by atoms with E-state index in [-0.39, 0.29) is 0 Å². The zero-order valence-corrected chi connectivity index (χ0v) is 13.1. The van der Waals surface area contributed by atoms with Gasteiger partial charge in [-0.05, 0) is 23.6 Å². The third-order valence-electron chi connectivity index (χ3n) is 3.20. The molecular weight excluding hydrogens is 264 g/mol. The largest absolute Gasteiger partial charge is 0.497 e. The van der Waals surface area contributed by atoms with Crippen LogP contribution in [-0.2, 0) is 13.0 Å². The fraction of sp³-hybridized carbons (Fsp3) is 0.412. The SMILES string of the molecule is CCc1nc(OCc2cccc(OC)c2)cc(C(C)C)n1. The molecule has 2 aromatic rings. The maximum absolute atomic E-state index is 5.82. The highest BCUT2D eigenvalue weighted by Gasteiger charge is 2.08. The summed E-state index contributed by atoms with van der Waals surface area (Å²) in [5.74, 6) is 2.64. The molecule has 4 heteroatoms. The van der Waals surface area contributed by atoms with Crippen molar-refractivity contribution < 1.29 is 9.47 Å². The summed E-state index contributed by atoms with van der Waals surface area (Å²) in [7, 11) is 1.66. The van der Waals surface area contributed by atoms with Crippen LogP contribution in [0.15, 0.2) is 30.3 Å². The molecule has 0 aliphatic rings. The molecule has 0 amide bonds. The molecule has 0 spiro atoms. The van der Waals surface area contributed by atoms with Crippen molar-refractivity contribution in [1.29, 1.82) is 0 Å². The standard InChI is InChI=1S/C17H22N2O2/c1-5-16-18-15(12(2)3)10-17(19-16)21-11-13-7-6-8-14(9-13)20-4/h6-10,12H,5,11H2,1-4H3. The van der Waals surface area contributed by atoms with Gasteiger partial charge in [-0.3, -0.25) is 0 Å². The van der Waals surface area contributed by atoms with Gasteiger partial charge in [0.1, 0.15) is 18.2 Å². The molecule has 4 nitrogen and oxygen atoms in total. The minimum absolute atomic E-state index is 0.359. The lowest BCUT2D eigenvalue weighted by Gasteiger charge is -2.11. The maximum Gasteiger partial charge on any atom is 0.217 e. The Hall–Kier alpha value is -2.10. The Balaban J connectivity index is 2.13. The van der Waals surface area contributed by atoms with E-state index in [1.807, 2.05) is 37.3 Å². The van der Waals surface area contributed by atoms with Crippen LogP contribution in [0.5, 0.6) is 11.6 Å². The molecule has 112 valence electrons. The zero-order valence-electron chi connectivity index (χ0n) is 13.1. The van der Waals surface area contributed by atoms with E-state index in [4.69, 9.17) is 9.47 Å². The summed E-state index contributed by atoms with van der Waals surface area (Å²) in [5, 5.41) is 0. The molecule has 1 heterocycles. The zero-order chi connectivity index (χ0) is 15.2. The smallest absolute Gasteiger partial charge is 0.217 e. The second-order valence-corrected chi connectivity index (χ2v) is 5.20. The lowest BCUT2D eigenvalue weighted by atomic mass is 10.1. The maximum atomic E-state index is 5.82. The molecule has 0 aliphatic carbocycles. The Kier molecular flexibility index (Phi) is 5.14. The van der Waals surface area contributed by atoms with Crippen molar-refractivity contribution >= 4 is 0 Å². The van der Waals surface area contributed by atoms with Gasteiger partial charge in [-0.25, -0.2) is 4.98 Å². The Bertz CT molecular complexity index is 597. The summed E-state index contributed by atoms with van der Waals surface area (Å²) in [6.45, 7) is 6.75. The van der Waals surface area contributed by atoms with Gasteiger partial charge in [0.15, 0.2) is 0 Å². The summed E-state index contributed by atoms with van der Waals surface area (Å²) in [6.07, 6.45) is 0.802. The first-order valence-corrected chi connectivity index (χ1v) is 7.26. The van der Waals surface area contributed by atoms with Crippen LogP contribution < -0.4 is 9.47 Å². The number of aryl methyl sites for hydroxylation is 1. The van der Waals surface area contributed by atoms with Gasteiger partial charge in [-0.1, -0.05) is 32.9 Å². The predicted octanol–water partition coefficient (Wildman–Crippen LogP) is 3.75. The number of nitrogens with zero attached hydrogens (tertiary/aromatic N) is 2. The van der Waals surface area contributed by atoms with Crippen molar-refractivity contribution in [3.05, 3.63) is 47.4 Å². The number of hydrogen-bond acceptors (Lipinski definition) is 4. The van der Waals surface area contributed by atoms with Crippen LogP contribution in [0, 0.1) is 0 Å². The van der Waals surface area contributed by atoms with Crippen molar-refractivity contribution in [1.82, 2.24) is 9.97 Å². The number of benzene rings is 1. The Morgan fingerprint density at radius 1 is 1.14 bits per heavy atom. The minimum atomic E-state index is 0.359.